The van der Waals surface area contributed by atoms with E-state index >= 15 is 0 Å². The molecule has 0 fully saturated rings. The molecule has 3 rings (SSSR count). The van der Waals surface area contributed by atoms with Gasteiger partial charge < -0.3 is 0 Å². The van der Waals surface area contributed by atoms with Crippen molar-refractivity contribution in [2.45, 2.75) is 0 Å². The van der Waals surface area contributed by atoms with Crippen molar-refractivity contribution in [1.29, 1.82) is 0 Å². The van der Waals surface area contributed by atoms with Crippen LogP contribution >= 0.6 is 11.5 Å². The Labute approximate surface area is 104 Å². The van der Waals surface area contributed by atoms with Gasteiger partial charge in [-0.25, -0.2) is 0 Å². The number of nitrogens with zero attached hydrogens (tertiary/aromatic N) is 2. The highest BCUT2D eigenvalue weighted by molar-refractivity contribution is 7.03. The van der Waals surface area contributed by atoms with Crippen LogP contribution in [0, 0.1) is 6.07 Å². The zero-order chi connectivity index (χ0) is 11.5. The average Bonchev–Trinajstić information content (AvgIpc) is 2.94. The third-order valence-corrected chi connectivity index (χ3v) is 3.07. The van der Waals surface area contributed by atoms with Gasteiger partial charge in [0.1, 0.15) is 5.69 Å². The Bertz CT molecular complexity index is 603. The van der Waals surface area contributed by atoms with Crippen LogP contribution < -0.4 is 0 Å². The molecule has 0 atom stereocenters. The summed E-state index contributed by atoms with van der Waals surface area (Å²) in [6.45, 7) is 0. The summed E-state index contributed by atoms with van der Waals surface area (Å²) in [5, 5.41) is 6.09. The predicted molar refractivity (Wildman–Crippen MR) is 69.6 cm³/mol. The first-order valence-corrected chi connectivity index (χ1v) is 6.12. The van der Waals surface area contributed by atoms with Crippen molar-refractivity contribution in [3.63, 3.8) is 0 Å². The van der Waals surface area contributed by atoms with Crippen molar-refractivity contribution >= 4 is 11.5 Å². The van der Waals surface area contributed by atoms with Gasteiger partial charge in [0.25, 0.3) is 0 Å². The van der Waals surface area contributed by atoms with E-state index in [2.05, 4.69) is 33.9 Å². The maximum Gasteiger partial charge on any atom is 0.106 e. The molecule has 2 nitrogen and oxygen atoms in total. The fraction of sp³-hybridized carbons (Fsp3) is 0. The van der Waals surface area contributed by atoms with Crippen molar-refractivity contribution in [3.05, 3.63) is 60.0 Å². The Morgan fingerprint density at radius 2 is 1.76 bits per heavy atom. The lowest BCUT2D eigenvalue weighted by Gasteiger charge is -2.06. The largest absolute Gasteiger partial charge is 0.138 e. The molecular formula is C14H9N2S. The molecule has 17 heavy (non-hydrogen) atoms. The Balaban J connectivity index is 2.18. The molecule has 81 valence electrons. The van der Waals surface area contributed by atoms with Crippen LogP contribution in [0.5, 0.6) is 0 Å². The molecular weight excluding hydrogens is 228 g/mol. The molecule has 0 aliphatic heterocycles. The van der Waals surface area contributed by atoms with Crippen molar-refractivity contribution in [2.75, 3.05) is 0 Å². The Morgan fingerprint density at radius 1 is 0.941 bits per heavy atom. The second-order valence-corrected chi connectivity index (χ2v) is 4.22. The van der Waals surface area contributed by atoms with Crippen LogP contribution in [0.25, 0.3) is 22.4 Å². The summed E-state index contributed by atoms with van der Waals surface area (Å²) in [4.78, 5) is 0. The quantitative estimate of drug-likeness (QED) is 0.679. The Hall–Kier alpha value is -2.00. The second kappa shape index (κ2) is 4.47. The molecule has 1 aromatic heterocycles. The van der Waals surface area contributed by atoms with Crippen molar-refractivity contribution in [1.82, 2.24) is 9.59 Å². The molecule has 3 heteroatoms. The SMILES string of the molecule is [c]1ccccc1-c1ccccc1-c1csnn1. The monoisotopic (exact) mass is 237 g/mol. The van der Waals surface area contributed by atoms with Gasteiger partial charge in [-0.2, -0.15) is 0 Å². The van der Waals surface area contributed by atoms with E-state index in [1.807, 2.05) is 35.7 Å². The number of benzene rings is 2. The fourth-order valence-electron chi connectivity index (χ4n) is 1.78. The maximum atomic E-state index is 4.13. The molecule has 0 bridgehead atoms. The summed E-state index contributed by atoms with van der Waals surface area (Å²) < 4.78 is 3.91. The molecule has 0 N–H and O–H groups in total. The summed E-state index contributed by atoms with van der Waals surface area (Å²) in [5.74, 6) is 0. The summed E-state index contributed by atoms with van der Waals surface area (Å²) in [6.07, 6.45) is 0. The highest BCUT2D eigenvalue weighted by Gasteiger charge is 2.08. The molecule has 0 spiro atoms. The highest BCUT2D eigenvalue weighted by Crippen LogP contribution is 2.30. The predicted octanol–water partition coefficient (Wildman–Crippen LogP) is 3.67. The van der Waals surface area contributed by atoms with Crippen LogP contribution in [0.3, 0.4) is 0 Å². The third-order valence-electron chi connectivity index (χ3n) is 2.56. The maximum absolute atomic E-state index is 4.13. The van der Waals surface area contributed by atoms with Crippen LogP contribution in [0.15, 0.2) is 53.9 Å². The minimum Gasteiger partial charge on any atom is -0.138 e. The molecule has 3 aromatic rings. The highest BCUT2D eigenvalue weighted by atomic mass is 32.1. The number of rotatable bonds is 2. The Kier molecular flexibility index (Phi) is 2.68. The van der Waals surface area contributed by atoms with E-state index in [-0.39, 0.29) is 0 Å². The molecule has 0 saturated heterocycles. The van der Waals surface area contributed by atoms with Gasteiger partial charge in [-0.05, 0) is 28.7 Å². The minimum atomic E-state index is 0.919. The molecule has 1 heterocycles. The van der Waals surface area contributed by atoms with Gasteiger partial charge in [-0.3, -0.25) is 0 Å². The van der Waals surface area contributed by atoms with E-state index < -0.39 is 0 Å². The van der Waals surface area contributed by atoms with Gasteiger partial charge in [0.15, 0.2) is 0 Å². The smallest absolute Gasteiger partial charge is 0.106 e. The van der Waals surface area contributed by atoms with Crippen LogP contribution in [-0.2, 0) is 0 Å². The lowest BCUT2D eigenvalue weighted by Crippen LogP contribution is -1.85. The molecule has 0 unspecified atom stereocenters. The first-order valence-electron chi connectivity index (χ1n) is 5.29. The lowest BCUT2D eigenvalue weighted by molar-refractivity contribution is 1.16. The molecule has 2 aromatic carbocycles. The molecule has 0 saturated carbocycles. The van der Waals surface area contributed by atoms with Crippen LogP contribution in [0.2, 0.25) is 0 Å². The van der Waals surface area contributed by atoms with Crippen LogP contribution in [0.1, 0.15) is 0 Å². The lowest BCUT2D eigenvalue weighted by atomic mass is 9.98. The molecule has 1 radical (unpaired) electrons. The fourth-order valence-corrected chi connectivity index (χ4v) is 2.24. The van der Waals surface area contributed by atoms with Gasteiger partial charge in [0, 0.05) is 10.9 Å². The van der Waals surface area contributed by atoms with Gasteiger partial charge in [-0.15, -0.1) is 5.10 Å². The minimum absolute atomic E-state index is 0.919. The number of aromatic nitrogens is 2. The van der Waals surface area contributed by atoms with E-state index in [9.17, 15) is 0 Å². The van der Waals surface area contributed by atoms with Gasteiger partial charge >= 0.3 is 0 Å². The van der Waals surface area contributed by atoms with Crippen molar-refractivity contribution in [3.8, 4) is 22.4 Å². The van der Waals surface area contributed by atoms with Crippen molar-refractivity contribution < 1.29 is 0 Å². The van der Waals surface area contributed by atoms with Gasteiger partial charge in [0.05, 0.1) is 0 Å². The summed E-state index contributed by atoms with van der Waals surface area (Å²) in [6, 6.07) is 19.4. The van der Waals surface area contributed by atoms with Crippen LogP contribution in [0.4, 0.5) is 0 Å². The zero-order valence-electron chi connectivity index (χ0n) is 9.00. The number of hydrogen-bond donors (Lipinski definition) is 0. The zero-order valence-corrected chi connectivity index (χ0v) is 9.82. The Morgan fingerprint density at radius 3 is 2.47 bits per heavy atom. The standard InChI is InChI=1S/C14H9N2S/c1-2-6-11(7-3-1)12-8-4-5-9-13(12)14-10-17-16-15-14/h1-6,8-10H. The summed E-state index contributed by atoms with van der Waals surface area (Å²) in [5.41, 5.74) is 4.24. The molecule has 0 aliphatic rings. The summed E-state index contributed by atoms with van der Waals surface area (Å²) >= 11 is 1.37. The third kappa shape index (κ3) is 1.97. The molecule has 0 aliphatic carbocycles. The normalized spacial score (nSPS) is 10.4. The first kappa shape index (κ1) is 10.2. The van der Waals surface area contributed by atoms with Gasteiger partial charge in [0.2, 0.25) is 0 Å². The molecule has 0 amide bonds. The second-order valence-electron chi connectivity index (χ2n) is 3.61. The van der Waals surface area contributed by atoms with E-state index in [0.29, 0.717) is 0 Å². The van der Waals surface area contributed by atoms with E-state index in [0.717, 1.165) is 22.4 Å². The van der Waals surface area contributed by atoms with E-state index in [1.54, 1.807) is 0 Å². The van der Waals surface area contributed by atoms with Gasteiger partial charge in [-0.1, -0.05) is 53.0 Å². The number of hydrogen-bond acceptors (Lipinski definition) is 3. The average molecular weight is 237 g/mol. The van der Waals surface area contributed by atoms with Crippen molar-refractivity contribution in [2.24, 2.45) is 0 Å². The van der Waals surface area contributed by atoms with Crippen LogP contribution in [-0.4, -0.2) is 9.59 Å². The first-order chi connectivity index (χ1) is 8.45. The topological polar surface area (TPSA) is 25.8 Å². The van der Waals surface area contributed by atoms with E-state index in [1.165, 1.54) is 11.5 Å². The summed E-state index contributed by atoms with van der Waals surface area (Å²) in [7, 11) is 0. The van der Waals surface area contributed by atoms with E-state index in [4.69, 9.17) is 0 Å².